The van der Waals surface area contributed by atoms with Gasteiger partial charge >= 0.3 is 11.9 Å². The van der Waals surface area contributed by atoms with Crippen molar-refractivity contribution in [2.24, 2.45) is 0 Å². The lowest BCUT2D eigenvalue weighted by Crippen LogP contribution is -2.54. The number of aromatic carboxylic acids is 2. The van der Waals surface area contributed by atoms with E-state index in [2.05, 4.69) is 53.2 Å². The highest BCUT2D eigenvalue weighted by Crippen LogP contribution is 2.41. The van der Waals surface area contributed by atoms with Gasteiger partial charge in [0.15, 0.2) is 34.6 Å². The Balaban J connectivity index is 0.000000285. The van der Waals surface area contributed by atoms with Crippen LogP contribution in [0.4, 0.5) is 56.9 Å². The summed E-state index contributed by atoms with van der Waals surface area (Å²) in [4.78, 5) is 200. The molecule has 126 heavy (non-hydrogen) atoms. The van der Waals surface area contributed by atoms with Crippen molar-refractivity contribution in [3.05, 3.63) is 294 Å². The lowest BCUT2D eigenvalue weighted by atomic mass is 10.0. The molecule has 0 aliphatic carbocycles. The quantitative estimate of drug-likeness (QED) is 0.0132. The van der Waals surface area contributed by atoms with E-state index >= 15 is 0 Å². The number of methoxy groups -OCH3 is 2. The van der Waals surface area contributed by atoms with Crippen molar-refractivity contribution in [3.8, 4) is 23.0 Å². The molecule has 10 aromatic rings. The number of ketones is 2. The van der Waals surface area contributed by atoms with Crippen molar-refractivity contribution in [2.45, 2.75) is 78.0 Å². The van der Waals surface area contributed by atoms with E-state index in [-0.39, 0.29) is 113 Å². The number of aromatic hydroxyl groups is 2. The zero-order valence-electron chi connectivity index (χ0n) is 67.9. The molecule has 0 aromatic heterocycles. The number of ether oxygens (including phenoxy) is 4. The molecule has 0 aliphatic heterocycles. The van der Waals surface area contributed by atoms with E-state index in [9.17, 15) is 97.6 Å². The summed E-state index contributed by atoms with van der Waals surface area (Å²) in [6.45, 7) is 9.05. The first-order chi connectivity index (χ1) is 59.9. The molecule has 648 valence electrons. The summed E-state index contributed by atoms with van der Waals surface area (Å²) in [5, 5.41) is 88.1. The number of amides is 10. The zero-order chi connectivity index (χ0) is 91.9. The van der Waals surface area contributed by atoms with Crippen molar-refractivity contribution in [3.63, 3.8) is 0 Å². The maximum atomic E-state index is 13.6. The second kappa shape index (κ2) is 42.4. The number of carbonyl (C=O) groups excluding carboxylic acids is 12. The Morgan fingerprint density at radius 1 is 0.310 bits per heavy atom. The predicted octanol–water partition coefficient (Wildman–Crippen LogP) is 11.8. The van der Waals surface area contributed by atoms with Crippen LogP contribution in [0.3, 0.4) is 0 Å². The third-order valence-corrected chi connectivity index (χ3v) is 18.1. The highest BCUT2D eigenvalue weighted by Gasteiger charge is 2.36. The summed E-state index contributed by atoms with van der Waals surface area (Å²) < 4.78 is 22.1. The number of rotatable bonds is 34. The second-order valence-electron chi connectivity index (χ2n) is 27.8. The number of nitrogens with one attached hydrogen (secondary N) is 10. The molecule has 10 rings (SSSR count). The van der Waals surface area contributed by atoms with Crippen molar-refractivity contribution >= 4 is 139 Å². The molecule has 0 aliphatic rings. The predicted molar refractivity (Wildman–Crippen MR) is 457 cm³/mol. The number of phenols is 2. The fourth-order valence-electron chi connectivity index (χ4n) is 11.8. The molecule has 0 saturated carbocycles. The van der Waals surface area contributed by atoms with Gasteiger partial charge in [-0.3, -0.25) is 77.8 Å². The summed E-state index contributed by atoms with van der Waals surface area (Å²) in [6.07, 6.45) is -3.80. The van der Waals surface area contributed by atoms with Crippen LogP contribution in [0.1, 0.15) is 145 Å². The molecule has 0 fully saturated rings. The van der Waals surface area contributed by atoms with Crippen LogP contribution >= 0.6 is 0 Å². The third kappa shape index (κ3) is 24.7. The standard InChI is InChI=1S/2C44H40N6O13/c2*1-23(2)63-38-34(22-21-33(36(38)52)42(56)46-30-17-9-28(10-18-30)44(58)59)48-40(54)25-5-15-31(16-6-25)47-43(57)35(37(62-4)24(3)51)49-41(55)26-7-13-29(14-8-26)45-39(53)27-11-19-32(20-12-27)50(60)61/h2*5-23,35,37,52H,1-4H3,(H,45,53)(H,46,56)(H,47,57)(H,48,54)(H,49,55)(H,58,59). The number of anilines is 8. The van der Waals surface area contributed by atoms with Crippen molar-refractivity contribution < 1.29 is 116 Å². The first-order valence-corrected chi connectivity index (χ1v) is 37.7. The van der Waals surface area contributed by atoms with E-state index in [0.29, 0.717) is 11.4 Å². The number of carbonyl (C=O) groups is 14. The highest BCUT2D eigenvalue weighted by molar-refractivity contribution is 6.13. The number of non-ortho nitro benzene ring substituents is 2. The number of nitro benzene ring substituents is 2. The van der Waals surface area contributed by atoms with E-state index in [0.717, 1.165) is 0 Å². The summed E-state index contributed by atoms with van der Waals surface area (Å²) in [6, 6.07) is 45.1. The minimum absolute atomic E-state index is 0.0142. The van der Waals surface area contributed by atoms with Crippen LogP contribution in [0.15, 0.2) is 218 Å². The Hall–Kier alpha value is -16.9. The fourth-order valence-corrected chi connectivity index (χ4v) is 11.8. The number of Topliss-reactive ketones (excluding diaryl/α,β-unsaturated/α-hetero) is 2. The molecule has 10 amide bonds. The summed E-state index contributed by atoms with van der Waals surface area (Å²) in [5.41, 5.74) is 1.47. The Labute approximate surface area is 715 Å². The maximum absolute atomic E-state index is 13.6. The molecular formula is C88H80N12O26. The number of benzene rings is 10. The van der Waals surface area contributed by atoms with Crippen molar-refractivity contribution in [1.82, 2.24) is 10.6 Å². The van der Waals surface area contributed by atoms with Gasteiger partial charge in [-0.1, -0.05) is 0 Å². The van der Waals surface area contributed by atoms with E-state index in [1.165, 1.54) is 246 Å². The Bertz CT molecular complexity index is 5480. The number of hydrogen-bond donors (Lipinski definition) is 14. The molecule has 0 heterocycles. The van der Waals surface area contributed by atoms with Gasteiger partial charge in [-0.2, -0.15) is 0 Å². The molecular weight excluding hydrogens is 1640 g/mol. The van der Waals surface area contributed by atoms with Crippen LogP contribution < -0.4 is 62.6 Å². The van der Waals surface area contributed by atoms with Crippen LogP contribution in [-0.4, -0.2) is 164 Å². The van der Waals surface area contributed by atoms with Gasteiger partial charge in [0.1, 0.15) is 24.3 Å². The largest absolute Gasteiger partial charge is 0.504 e. The summed E-state index contributed by atoms with van der Waals surface area (Å²) >= 11 is 0. The third-order valence-electron chi connectivity index (χ3n) is 18.1. The smallest absolute Gasteiger partial charge is 0.335 e. The Morgan fingerprint density at radius 2 is 0.540 bits per heavy atom. The maximum Gasteiger partial charge on any atom is 0.335 e. The van der Waals surface area contributed by atoms with Crippen molar-refractivity contribution in [2.75, 3.05) is 56.8 Å². The van der Waals surface area contributed by atoms with Gasteiger partial charge < -0.3 is 92.5 Å². The Kier molecular flexibility index (Phi) is 31.3. The van der Waals surface area contributed by atoms with E-state index < -0.39 is 140 Å². The van der Waals surface area contributed by atoms with Crippen LogP contribution in [0.2, 0.25) is 0 Å². The molecule has 0 radical (unpaired) electrons. The van der Waals surface area contributed by atoms with E-state index in [1.807, 2.05) is 0 Å². The molecule has 10 aromatic carbocycles. The number of nitrogens with zero attached hydrogens (tertiary/aromatic N) is 2. The van der Waals surface area contributed by atoms with Gasteiger partial charge in [-0.25, -0.2) is 9.59 Å². The van der Waals surface area contributed by atoms with Crippen LogP contribution in [0.5, 0.6) is 23.0 Å². The molecule has 4 atom stereocenters. The normalized spacial score (nSPS) is 11.6. The SMILES string of the molecule is COC(C(C)=O)C(NC(=O)c1ccc(NC(=O)c2ccc([N+](=O)[O-])cc2)cc1)C(=O)Nc1ccc(C(=O)Nc2ccc(C(=O)Nc3ccc(C(=O)O)cc3)c(O)c2OC(C)C)cc1.COC(C(C)=O)C(NC(=O)c1ccc(NC(=O)c2ccc([N+](=O)[O-])cc2)cc1)C(=O)Nc1ccc(C(=O)Nc2ccc(C(=O)Nc3ccc(C(=O)O)cc3)c(O)c2OC(C)C)cc1. The molecule has 0 saturated heterocycles. The molecule has 14 N–H and O–H groups in total. The molecule has 0 bridgehead atoms. The fraction of sp³-hybridized carbons (Fsp3) is 0.159. The molecule has 38 nitrogen and oxygen atoms in total. The Morgan fingerprint density at radius 3 is 0.778 bits per heavy atom. The second-order valence-corrected chi connectivity index (χ2v) is 27.8. The number of phenolic OH excluding ortho intramolecular Hbond substituents is 2. The molecule has 4 unspecified atom stereocenters. The minimum Gasteiger partial charge on any atom is -0.504 e. The van der Waals surface area contributed by atoms with Gasteiger partial charge in [0.2, 0.25) is 11.8 Å². The van der Waals surface area contributed by atoms with Crippen LogP contribution in [0.25, 0.3) is 0 Å². The average Bonchev–Trinajstić information content (AvgIpc) is 0.802. The molecule has 0 spiro atoms. The van der Waals surface area contributed by atoms with Gasteiger partial charge in [-0.05, 0) is 236 Å². The van der Waals surface area contributed by atoms with Crippen LogP contribution in [-0.2, 0) is 28.7 Å². The number of carboxylic acids is 2. The topological polar surface area (TPSA) is 563 Å². The van der Waals surface area contributed by atoms with Gasteiger partial charge in [0.25, 0.3) is 58.6 Å². The highest BCUT2D eigenvalue weighted by atomic mass is 16.6. The van der Waals surface area contributed by atoms with E-state index in [4.69, 9.17) is 29.2 Å². The lowest BCUT2D eigenvalue weighted by molar-refractivity contribution is -0.385. The number of nitro groups is 2. The average molecular weight is 1720 g/mol. The number of carboxylic acid groups (broad SMARTS) is 2. The van der Waals surface area contributed by atoms with Gasteiger partial charge in [0, 0.05) is 106 Å². The van der Waals surface area contributed by atoms with Gasteiger partial charge in [0.05, 0.1) is 55.7 Å². The minimum atomic E-state index is -1.53. The van der Waals surface area contributed by atoms with Gasteiger partial charge in [-0.15, -0.1) is 0 Å². The summed E-state index contributed by atoms with van der Waals surface area (Å²) in [7, 11) is 2.39. The molecule has 38 heteroatoms. The summed E-state index contributed by atoms with van der Waals surface area (Å²) in [5.74, 6) is -12.0. The van der Waals surface area contributed by atoms with Crippen LogP contribution in [0, 0.1) is 20.2 Å². The van der Waals surface area contributed by atoms with Crippen molar-refractivity contribution in [1.29, 1.82) is 0 Å². The zero-order valence-corrected chi connectivity index (χ0v) is 67.9. The lowest BCUT2D eigenvalue weighted by Gasteiger charge is -2.24. The first kappa shape index (κ1) is 93.0. The number of hydrogen-bond acceptors (Lipinski definition) is 24. The monoisotopic (exact) mass is 1720 g/mol. The first-order valence-electron chi connectivity index (χ1n) is 37.7. The van der Waals surface area contributed by atoms with E-state index in [1.54, 1.807) is 27.7 Å².